The number of nitrogens with one attached hydrogen (secondary N) is 1. The van der Waals surface area contributed by atoms with Gasteiger partial charge in [-0.25, -0.2) is 0 Å². The van der Waals surface area contributed by atoms with Crippen LogP contribution in [0.2, 0.25) is 0 Å². The Hall–Kier alpha value is -1.25. The van der Waals surface area contributed by atoms with Crippen LogP contribution in [-0.4, -0.2) is 17.7 Å². The van der Waals surface area contributed by atoms with E-state index in [-0.39, 0.29) is 0 Å². The van der Waals surface area contributed by atoms with Crippen LogP contribution >= 0.6 is 11.8 Å². The van der Waals surface area contributed by atoms with E-state index in [9.17, 15) is 0 Å². The molecule has 1 nitrogen and oxygen atoms in total. The Balaban J connectivity index is 1.96. The summed E-state index contributed by atoms with van der Waals surface area (Å²) < 4.78 is 0. The Labute approximate surface area is 119 Å². The Morgan fingerprint density at radius 2 is 1.47 bits per heavy atom. The summed E-state index contributed by atoms with van der Waals surface area (Å²) in [7, 11) is 0. The van der Waals surface area contributed by atoms with Crippen molar-refractivity contribution in [2.45, 2.75) is 17.7 Å². The van der Waals surface area contributed by atoms with Gasteiger partial charge < -0.3 is 5.32 Å². The molecule has 1 fully saturated rings. The summed E-state index contributed by atoms with van der Waals surface area (Å²) in [6, 6.07) is 21.7. The van der Waals surface area contributed by atoms with Gasteiger partial charge in [-0.3, -0.25) is 0 Å². The molecule has 1 N–H and O–H groups in total. The molecule has 0 spiro atoms. The van der Waals surface area contributed by atoms with Gasteiger partial charge in [-0.05, 0) is 29.8 Å². The van der Waals surface area contributed by atoms with Gasteiger partial charge in [0.05, 0.1) is 5.37 Å². The van der Waals surface area contributed by atoms with Gasteiger partial charge in [-0.15, -0.1) is 11.8 Å². The normalized spacial score (nSPS) is 19.5. The van der Waals surface area contributed by atoms with Gasteiger partial charge in [0, 0.05) is 5.92 Å². The lowest BCUT2D eigenvalue weighted by Gasteiger charge is -2.31. The highest BCUT2D eigenvalue weighted by atomic mass is 32.2. The molecule has 1 unspecified atom stereocenters. The van der Waals surface area contributed by atoms with Crippen LogP contribution in [0.4, 0.5) is 0 Å². The van der Waals surface area contributed by atoms with E-state index in [0.29, 0.717) is 11.3 Å². The van der Waals surface area contributed by atoms with Gasteiger partial charge in [0.2, 0.25) is 0 Å². The maximum absolute atomic E-state index is 3.68. The zero-order valence-electron chi connectivity index (χ0n) is 11.0. The molecule has 2 aromatic rings. The van der Waals surface area contributed by atoms with Crippen LogP contribution in [-0.2, 0) is 0 Å². The summed E-state index contributed by atoms with van der Waals surface area (Å²) in [6.45, 7) is 1.13. The maximum atomic E-state index is 3.68. The lowest BCUT2D eigenvalue weighted by atomic mass is 9.91. The van der Waals surface area contributed by atoms with E-state index >= 15 is 0 Å². The summed E-state index contributed by atoms with van der Waals surface area (Å²) in [5, 5.41) is 4.16. The fraction of sp³-hybridized carbons (Fsp3) is 0.294. The van der Waals surface area contributed by atoms with E-state index in [4.69, 9.17) is 0 Å². The van der Waals surface area contributed by atoms with E-state index in [1.807, 2.05) is 11.8 Å². The summed E-state index contributed by atoms with van der Waals surface area (Å²) in [6.07, 6.45) is 1.28. The molecule has 0 saturated carbocycles. The van der Waals surface area contributed by atoms with Crippen molar-refractivity contribution in [1.29, 1.82) is 0 Å². The molecule has 19 heavy (non-hydrogen) atoms. The topological polar surface area (TPSA) is 12.0 Å². The van der Waals surface area contributed by atoms with Gasteiger partial charge in [-0.2, -0.15) is 0 Å². The highest BCUT2D eigenvalue weighted by molar-refractivity contribution is 7.99. The molecule has 0 bridgehead atoms. The monoisotopic (exact) mass is 269 g/mol. The Bertz CT molecular complexity index is 452. The average Bonchev–Trinajstić information content (AvgIpc) is 2.51. The number of hydrogen-bond donors (Lipinski definition) is 1. The van der Waals surface area contributed by atoms with Crippen molar-refractivity contribution in [1.82, 2.24) is 5.32 Å². The smallest absolute Gasteiger partial charge is 0.0642 e. The lowest BCUT2D eigenvalue weighted by Crippen LogP contribution is -2.37. The standard InChI is InChI=1S/C17H19NS/c1-3-8-14(9-4-1)16(15-10-5-2-6-11-15)17-18-12-7-13-19-17/h1-6,8-11,16-18H,7,12-13H2. The molecular weight excluding hydrogens is 250 g/mol. The third kappa shape index (κ3) is 3.02. The first-order valence-electron chi connectivity index (χ1n) is 6.90. The van der Waals surface area contributed by atoms with Crippen molar-refractivity contribution >= 4 is 11.8 Å². The van der Waals surface area contributed by atoms with Crippen LogP contribution in [0.1, 0.15) is 23.5 Å². The van der Waals surface area contributed by atoms with Gasteiger partial charge >= 0.3 is 0 Å². The molecule has 1 saturated heterocycles. The Morgan fingerprint density at radius 1 is 0.895 bits per heavy atom. The minimum Gasteiger partial charge on any atom is -0.305 e. The van der Waals surface area contributed by atoms with Crippen molar-refractivity contribution < 1.29 is 0 Å². The third-order valence-electron chi connectivity index (χ3n) is 3.58. The molecule has 3 rings (SSSR count). The van der Waals surface area contributed by atoms with Crippen molar-refractivity contribution in [2.24, 2.45) is 0 Å². The molecule has 1 atom stereocenters. The predicted molar refractivity (Wildman–Crippen MR) is 83.6 cm³/mol. The van der Waals surface area contributed by atoms with Gasteiger partial charge in [0.15, 0.2) is 0 Å². The fourth-order valence-electron chi connectivity index (χ4n) is 2.66. The van der Waals surface area contributed by atoms with E-state index in [2.05, 4.69) is 66.0 Å². The number of benzene rings is 2. The second-order valence-electron chi connectivity index (χ2n) is 4.90. The first kappa shape index (κ1) is 12.8. The number of rotatable bonds is 3. The second kappa shape index (κ2) is 6.27. The zero-order chi connectivity index (χ0) is 12.9. The summed E-state index contributed by atoms with van der Waals surface area (Å²) in [4.78, 5) is 0. The van der Waals surface area contributed by atoms with E-state index in [1.54, 1.807) is 0 Å². The first-order chi connectivity index (χ1) is 9.45. The molecule has 98 valence electrons. The fourth-order valence-corrected chi connectivity index (χ4v) is 3.97. The van der Waals surface area contributed by atoms with Crippen LogP contribution in [0, 0.1) is 0 Å². The van der Waals surface area contributed by atoms with Crippen LogP contribution in [0.5, 0.6) is 0 Å². The molecule has 1 heterocycles. The quantitative estimate of drug-likeness (QED) is 0.907. The summed E-state index contributed by atoms with van der Waals surface area (Å²) in [5.41, 5.74) is 2.81. The van der Waals surface area contributed by atoms with Crippen LogP contribution in [0.15, 0.2) is 60.7 Å². The van der Waals surface area contributed by atoms with Crippen LogP contribution in [0.25, 0.3) is 0 Å². The SMILES string of the molecule is c1ccc(C(c2ccccc2)C2NCCCS2)cc1. The molecule has 0 radical (unpaired) electrons. The minimum atomic E-state index is 0.438. The molecule has 1 aliphatic heterocycles. The highest BCUT2D eigenvalue weighted by Gasteiger charge is 2.26. The zero-order valence-corrected chi connectivity index (χ0v) is 11.8. The van der Waals surface area contributed by atoms with Crippen LogP contribution in [0.3, 0.4) is 0 Å². The van der Waals surface area contributed by atoms with Gasteiger partial charge in [0.1, 0.15) is 0 Å². The van der Waals surface area contributed by atoms with E-state index < -0.39 is 0 Å². The van der Waals surface area contributed by atoms with Crippen molar-refractivity contribution in [3.8, 4) is 0 Å². The minimum absolute atomic E-state index is 0.438. The molecule has 2 heteroatoms. The number of thioether (sulfide) groups is 1. The second-order valence-corrected chi connectivity index (χ2v) is 6.15. The molecular formula is C17H19NS. The summed E-state index contributed by atoms with van der Waals surface area (Å²) >= 11 is 2.05. The predicted octanol–water partition coefficient (Wildman–Crippen LogP) is 3.87. The van der Waals surface area contributed by atoms with Crippen molar-refractivity contribution in [3.63, 3.8) is 0 Å². The van der Waals surface area contributed by atoms with E-state index in [1.165, 1.54) is 23.3 Å². The molecule has 1 aliphatic rings. The molecule has 0 aliphatic carbocycles. The van der Waals surface area contributed by atoms with Gasteiger partial charge in [0.25, 0.3) is 0 Å². The maximum Gasteiger partial charge on any atom is 0.0642 e. The van der Waals surface area contributed by atoms with E-state index in [0.717, 1.165) is 6.54 Å². The lowest BCUT2D eigenvalue weighted by molar-refractivity contribution is 0.574. The largest absolute Gasteiger partial charge is 0.305 e. The van der Waals surface area contributed by atoms with Crippen molar-refractivity contribution in [3.05, 3.63) is 71.8 Å². The summed E-state index contributed by atoms with van der Waals surface area (Å²) in [5.74, 6) is 1.70. The van der Waals surface area contributed by atoms with Crippen molar-refractivity contribution in [2.75, 3.05) is 12.3 Å². The average molecular weight is 269 g/mol. The van der Waals surface area contributed by atoms with Crippen LogP contribution < -0.4 is 5.32 Å². The van der Waals surface area contributed by atoms with Gasteiger partial charge in [-0.1, -0.05) is 60.7 Å². The molecule has 2 aromatic carbocycles. The first-order valence-corrected chi connectivity index (χ1v) is 7.95. The number of hydrogen-bond acceptors (Lipinski definition) is 2. The highest BCUT2D eigenvalue weighted by Crippen LogP contribution is 2.34. The molecule has 0 aromatic heterocycles. The Morgan fingerprint density at radius 3 is 1.95 bits per heavy atom. The Kier molecular flexibility index (Phi) is 4.21. The third-order valence-corrected chi connectivity index (χ3v) is 4.91. The molecule has 0 amide bonds.